The molecule has 0 saturated carbocycles. The van der Waals surface area contributed by atoms with Gasteiger partial charge in [-0.1, -0.05) is 30.3 Å². The lowest BCUT2D eigenvalue weighted by molar-refractivity contribution is 0.236. The molecular formula is C8H7NO. The molecule has 0 heterocycles. The number of rotatable bonds is 2. The molecule has 2 nitrogen and oxygen atoms in total. The van der Waals surface area contributed by atoms with Gasteiger partial charge in [-0.2, -0.15) is 5.26 Å². The first-order chi connectivity index (χ1) is 5.38. The maximum absolute atomic E-state index is 8.48. The van der Waals surface area contributed by atoms with Gasteiger partial charge in [0.05, 0.1) is 6.07 Å². The van der Waals surface area contributed by atoms with Crippen LogP contribution in [0.5, 0.6) is 0 Å². The zero-order valence-corrected chi connectivity index (χ0v) is 5.32. The fraction of sp³-hybridized carbons (Fsp3) is 0.125. The Morgan fingerprint density at radius 1 is 1.50 bits per heavy atom. The van der Waals surface area contributed by atoms with Crippen molar-refractivity contribution >= 4 is 0 Å². The first kappa shape index (κ1) is 5.45. The smallest absolute Gasteiger partial charge is 0.212 e. The second kappa shape index (κ2) is 3.00. The standard InChI is InChI=1S/C8H7NO/c9-6-8(10)7-4-2-1-3-5-7/h1-5,8,10H/i10T. The van der Waals surface area contributed by atoms with E-state index in [9.17, 15) is 0 Å². The third kappa shape index (κ3) is 1.34. The minimum absolute atomic E-state index is 0.713. The van der Waals surface area contributed by atoms with E-state index in [-0.39, 0.29) is 0 Å². The van der Waals surface area contributed by atoms with E-state index in [4.69, 9.17) is 6.69 Å². The summed E-state index contributed by atoms with van der Waals surface area (Å²) in [5, 5.41) is 12.7. The van der Waals surface area contributed by atoms with Crippen molar-refractivity contribution in [3.63, 3.8) is 0 Å². The first-order valence-electron chi connectivity index (χ1n) is 3.36. The normalized spacial score (nSPS) is 13.3. The maximum atomic E-state index is 8.48. The molecule has 1 unspecified atom stereocenters. The minimum Gasteiger partial charge on any atom is -0.374 e. The minimum atomic E-state index is -0.767. The van der Waals surface area contributed by atoms with Gasteiger partial charge in [-0.25, -0.2) is 0 Å². The van der Waals surface area contributed by atoms with Crippen molar-refractivity contribution in [2.75, 3.05) is 0 Å². The lowest BCUT2D eigenvalue weighted by Crippen LogP contribution is -1.90. The van der Waals surface area contributed by atoms with Gasteiger partial charge in [0, 0.05) is 0 Å². The molecule has 0 amide bonds. The highest BCUT2D eigenvalue weighted by Gasteiger charge is 2.01. The zero-order valence-electron chi connectivity index (χ0n) is 6.32. The van der Waals surface area contributed by atoms with Gasteiger partial charge < -0.3 is 5.11 Å². The molecule has 0 saturated heterocycles. The predicted molar refractivity (Wildman–Crippen MR) is 37.0 cm³/mol. The molecule has 1 aromatic rings. The molecule has 0 aromatic heterocycles. The van der Waals surface area contributed by atoms with Crippen LogP contribution in [-0.4, -0.2) is 6.54 Å². The molecule has 1 rings (SSSR count). The van der Waals surface area contributed by atoms with Crippen LogP contribution < -0.4 is 0 Å². The Hall–Kier alpha value is -1.33. The average Bonchev–Trinajstić information content (AvgIpc) is 2.09. The van der Waals surface area contributed by atoms with Crippen LogP contribution in [0.1, 0.15) is 11.7 Å². The molecule has 2 heteroatoms. The first-order valence-corrected chi connectivity index (χ1v) is 2.95. The fourth-order valence-electron chi connectivity index (χ4n) is 0.702. The van der Waals surface area contributed by atoms with Crippen LogP contribution in [-0.2, 0) is 0 Å². The SMILES string of the molecule is [3H]OC(C#N)c1ccccc1. The van der Waals surface area contributed by atoms with Crippen LogP contribution >= 0.6 is 0 Å². The molecule has 1 atom stereocenters. The highest BCUT2D eigenvalue weighted by Crippen LogP contribution is 2.09. The maximum Gasteiger partial charge on any atom is 0.212 e. The number of nitriles is 1. The predicted octanol–water partition coefficient (Wildman–Crippen LogP) is 1.24. The average molecular weight is 135 g/mol. The number of hydrogen-bond acceptors (Lipinski definition) is 2. The summed E-state index contributed by atoms with van der Waals surface area (Å²) < 4.78 is 6.57. The summed E-state index contributed by atoms with van der Waals surface area (Å²) in [5.74, 6) is 0. The second-order valence-corrected chi connectivity index (χ2v) is 1.92. The topological polar surface area (TPSA) is 44.0 Å². The molecule has 0 aliphatic rings. The van der Waals surface area contributed by atoms with Crippen LogP contribution in [0.4, 0.5) is 0 Å². The van der Waals surface area contributed by atoms with E-state index in [2.05, 4.69) is 5.11 Å². The van der Waals surface area contributed by atoms with Gasteiger partial charge in [0.2, 0.25) is 1.43 Å². The molecule has 1 aromatic carbocycles. The van der Waals surface area contributed by atoms with Crippen molar-refractivity contribution < 1.29 is 5.11 Å². The monoisotopic (exact) mass is 135 g/mol. The Balaban J connectivity index is 2.85. The molecule has 50 valence electrons. The van der Waals surface area contributed by atoms with Crippen LogP contribution in [0.15, 0.2) is 30.3 Å². The van der Waals surface area contributed by atoms with Crippen molar-refractivity contribution in [3.8, 4) is 6.07 Å². The van der Waals surface area contributed by atoms with Crippen molar-refractivity contribution in [3.05, 3.63) is 35.9 Å². The zero-order chi connectivity index (χ0) is 8.10. The summed E-state index contributed by atoms with van der Waals surface area (Å²) in [6.07, 6.45) is -0.767. The molecule has 0 bridgehead atoms. The Morgan fingerprint density at radius 3 is 2.70 bits per heavy atom. The number of hydrogen-bond donors (Lipinski definition) is 1. The van der Waals surface area contributed by atoms with Crippen molar-refractivity contribution in [1.29, 1.82) is 6.69 Å². The summed E-state index contributed by atoms with van der Waals surface area (Å²) in [7, 11) is 0. The third-order valence-electron chi connectivity index (χ3n) is 1.22. The number of benzene rings is 1. The van der Waals surface area contributed by atoms with Gasteiger partial charge >= 0.3 is 0 Å². The van der Waals surface area contributed by atoms with E-state index < -0.39 is 6.10 Å². The summed E-state index contributed by atoms with van der Waals surface area (Å²) in [6, 6.07) is 10.8. The van der Waals surface area contributed by atoms with Crippen LogP contribution in [0.25, 0.3) is 0 Å². The van der Waals surface area contributed by atoms with Gasteiger partial charge in [-0.3, -0.25) is 0 Å². The molecule has 10 heavy (non-hydrogen) atoms. The fourth-order valence-corrected chi connectivity index (χ4v) is 0.702. The summed E-state index contributed by atoms with van der Waals surface area (Å²) in [6.45, 7) is 0. The van der Waals surface area contributed by atoms with Crippen molar-refractivity contribution in [2.45, 2.75) is 6.10 Å². The largest absolute Gasteiger partial charge is 0.374 e. The number of nitrogens with zero attached hydrogens (tertiary/aromatic N) is 1. The Labute approximate surface area is 60.8 Å². The number of aliphatic hydroxyl groups is 1. The van der Waals surface area contributed by atoms with E-state index in [1.807, 2.05) is 12.1 Å². The quantitative estimate of drug-likeness (QED) is 0.620. The van der Waals surface area contributed by atoms with E-state index in [0.29, 0.717) is 5.56 Å². The molecule has 0 radical (unpaired) electrons. The van der Waals surface area contributed by atoms with Gasteiger partial charge in [0.25, 0.3) is 0 Å². The Bertz CT molecular complexity index is 255. The van der Waals surface area contributed by atoms with Crippen LogP contribution in [0.2, 0.25) is 0 Å². The Morgan fingerprint density at radius 2 is 2.20 bits per heavy atom. The van der Waals surface area contributed by atoms with Gasteiger partial charge in [0.15, 0.2) is 6.10 Å². The van der Waals surface area contributed by atoms with Gasteiger partial charge in [0.1, 0.15) is 0 Å². The number of aliphatic hydroxyl groups excluding tert-OH is 1. The van der Waals surface area contributed by atoms with E-state index >= 15 is 0 Å². The van der Waals surface area contributed by atoms with Gasteiger partial charge in [-0.15, -0.1) is 0 Å². The van der Waals surface area contributed by atoms with E-state index in [1.165, 1.54) is 0 Å². The lowest BCUT2D eigenvalue weighted by Gasteiger charge is -1.98. The van der Waals surface area contributed by atoms with Crippen molar-refractivity contribution in [1.82, 2.24) is 0 Å². The third-order valence-corrected chi connectivity index (χ3v) is 1.22. The Kier molecular flexibility index (Phi) is 1.63. The summed E-state index contributed by atoms with van der Waals surface area (Å²) in [4.78, 5) is 0. The summed E-state index contributed by atoms with van der Waals surface area (Å²) in [5.41, 5.74) is 0.713. The van der Waals surface area contributed by atoms with Crippen molar-refractivity contribution in [2.24, 2.45) is 0 Å². The molecule has 1 N–H and O–H groups in total. The lowest BCUT2D eigenvalue weighted by atomic mass is 10.1. The van der Waals surface area contributed by atoms with E-state index in [1.54, 1.807) is 24.3 Å². The molecule has 0 spiro atoms. The highest BCUT2D eigenvalue weighted by atomic mass is 16.3. The highest BCUT2D eigenvalue weighted by molar-refractivity contribution is 5.21. The van der Waals surface area contributed by atoms with Gasteiger partial charge in [-0.05, 0) is 5.56 Å². The van der Waals surface area contributed by atoms with Crippen LogP contribution in [0.3, 0.4) is 0 Å². The second-order valence-electron chi connectivity index (χ2n) is 1.92. The summed E-state index contributed by atoms with van der Waals surface area (Å²) >= 11 is 0. The molecule has 0 aliphatic heterocycles. The molecule has 0 fully saturated rings. The molecular weight excluding hydrogens is 126 g/mol. The van der Waals surface area contributed by atoms with E-state index in [0.717, 1.165) is 0 Å². The van der Waals surface area contributed by atoms with Crippen LogP contribution in [0, 0.1) is 11.3 Å². The molecule has 0 aliphatic carbocycles.